The van der Waals surface area contributed by atoms with Crippen LogP contribution in [0.5, 0.6) is 0 Å². The van der Waals surface area contributed by atoms with Gasteiger partial charge in [0.05, 0.1) is 4.90 Å². The predicted octanol–water partition coefficient (Wildman–Crippen LogP) is 2.81. The largest absolute Gasteiger partial charge is 0.243 e. The molecule has 0 spiro atoms. The monoisotopic (exact) mass is 267 g/mol. The molecule has 1 aromatic rings. The van der Waals surface area contributed by atoms with E-state index in [0.717, 1.165) is 32.1 Å². The lowest BCUT2D eigenvalue weighted by molar-refractivity contribution is 0.477. The highest BCUT2D eigenvalue weighted by molar-refractivity contribution is 7.89. The zero-order chi connectivity index (χ0) is 13.0. The minimum Gasteiger partial charge on any atom is -0.207 e. The van der Waals surface area contributed by atoms with Crippen molar-refractivity contribution in [3.05, 3.63) is 29.8 Å². The van der Waals surface area contributed by atoms with Gasteiger partial charge in [0.1, 0.15) is 0 Å². The van der Waals surface area contributed by atoms with Gasteiger partial charge >= 0.3 is 0 Å². The second-order valence-electron chi connectivity index (χ2n) is 4.86. The first-order chi connectivity index (χ1) is 8.64. The van der Waals surface area contributed by atoms with Crippen LogP contribution in [0.4, 0.5) is 0 Å². The van der Waals surface area contributed by atoms with Gasteiger partial charge in [0.2, 0.25) is 10.0 Å². The molecule has 0 saturated carbocycles. The van der Waals surface area contributed by atoms with E-state index in [1.54, 1.807) is 16.4 Å². The van der Waals surface area contributed by atoms with Crippen LogP contribution in [0.2, 0.25) is 0 Å². The number of hydrogen-bond donors (Lipinski definition) is 0. The molecule has 1 saturated heterocycles. The quantitative estimate of drug-likeness (QED) is 0.822. The number of unbranched alkanes of at least 4 members (excludes halogenated alkanes) is 1. The summed E-state index contributed by atoms with van der Waals surface area (Å²) in [6.45, 7) is 3.49. The SMILES string of the molecule is CCCCc1ccc(S(=O)(=O)N2CCCC2)cc1. The highest BCUT2D eigenvalue weighted by Gasteiger charge is 2.26. The summed E-state index contributed by atoms with van der Waals surface area (Å²) in [5, 5.41) is 0. The van der Waals surface area contributed by atoms with Crippen LogP contribution in [0.3, 0.4) is 0 Å². The molecule has 100 valence electrons. The first-order valence-corrected chi connectivity index (χ1v) is 8.17. The normalized spacial score (nSPS) is 17.2. The molecule has 0 unspecified atom stereocenters. The molecule has 4 heteroatoms. The Labute approximate surface area is 110 Å². The van der Waals surface area contributed by atoms with Crippen LogP contribution in [0.1, 0.15) is 38.2 Å². The van der Waals surface area contributed by atoms with E-state index in [1.165, 1.54) is 5.56 Å². The lowest BCUT2D eigenvalue weighted by atomic mass is 10.1. The minimum atomic E-state index is -3.24. The first kappa shape index (κ1) is 13.6. The Balaban J connectivity index is 2.13. The van der Waals surface area contributed by atoms with Crippen LogP contribution in [-0.4, -0.2) is 25.8 Å². The fourth-order valence-electron chi connectivity index (χ4n) is 2.29. The Bertz CT molecular complexity index is 473. The maximum Gasteiger partial charge on any atom is 0.243 e. The Hall–Kier alpha value is -0.870. The van der Waals surface area contributed by atoms with Crippen LogP contribution in [0.15, 0.2) is 29.2 Å². The van der Waals surface area contributed by atoms with Crippen molar-refractivity contribution in [3.63, 3.8) is 0 Å². The molecule has 0 aliphatic carbocycles. The Morgan fingerprint density at radius 3 is 2.28 bits per heavy atom. The molecule has 1 fully saturated rings. The molecule has 0 radical (unpaired) electrons. The fourth-order valence-corrected chi connectivity index (χ4v) is 3.80. The lowest BCUT2D eigenvalue weighted by Gasteiger charge is -2.15. The number of rotatable bonds is 5. The van der Waals surface area contributed by atoms with Crippen molar-refractivity contribution in [3.8, 4) is 0 Å². The van der Waals surface area contributed by atoms with Gasteiger partial charge in [-0.15, -0.1) is 0 Å². The Morgan fingerprint density at radius 2 is 1.72 bits per heavy atom. The van der Waals surface area contributed by atoms with E-state index in [0.29, 0.717) is 18.0 Å². The lowest BCUT2D eigenvalue weighted by Crippen LogP contribution is -2.27. The van der Waals surface area contributed by atoms with Gasteiger partial charge in [-0.05, 0) is 43.4 Å². The fraction of sp³-hybridized carbons (Fsp3) is 0.571. The number of hydrogen-bond acceptors (Lipinski definition) is 2. The molecular weight excluding hydrogens is 246 g/mol. The molecular formula is C14H21NO2S. The van der Waals surface area contributed by atoms with Gasteiger partial charge in [-0.3, -0.25) is 0 Å². The summed E-state index contributed by atoms with van der Waals surface area (Å²) >= 11 is 0. The Morgan fingerprint density at radius 1 is 1.11 bits per heavy atom. The van der Waals surface area contributed by atoms with Gasteiger partial charge < -0.3 is 0 Å². The van der Waals surface area contributed by atoms with Crippen molar-refractivity contribution in [1.82, 2.24) is 4.31 Å². The standard InChI is InChI=1S/C14H21NO2S/c1-2-3-6-13-7-9-14(10-8-13)18(16,17)15-11-4-5-12-15/h7-10H,2-6,11-12H2,1H3. The third-order valence-electron chi connectivity index (χ3n) is 3.45. The van der Waals surface area contributed by atoms with E-state index in [-0.39, 0.29) is 0 Å². The summed E-state index contributed by atoms with van der Waals surface area (Å²) in [5.74, 6) is 0. The van der Waals surface area contributed by atoms with Crippen molar-refractivity contribution in [2.24, 2.45) is 0 Å². The highest BCUT2D eigenvalue weighted by Crippen LogP contribution is 2.21. The van der Waals surface area contributed by atoms with E-state index >= 15 is 0 Å². The number of benzene rings is 1. The second kappa shape index (κ2) is 5.85. The average molecular weight is 267 g/mol. The number of nitrogens with zero attached hydrogens (tertiary/aromatic N) is 1. The van der Waals surface area contributed by atoms with Crippen molar-refractivity contribution in [2.75, 3.05) is 13.1 Å². The van der Waals surface area contributed by atoms with Gasteiger partial charge in [0, 0.05) is 13.1 Å². The summed E-state index contributed by atoms with van der Waals surface area (Å²) in [4.78, 5) is 0.435. The van der Waals surface area contributed by atoms with E-state index in [4.69, 9.17) is 0 Å². The van der Waals surface area contributed by atoms with Crippen LogP contribution in [-0.2, 0) is 16.4 Å². The number of sulfonamides is 1. The van der Waals surface area contributed by atoms with Crippen molar-refractivity contribution < 1.29 is 8.42 Å². The van der Waals surface area contributed by atoms with Gasteiger partial charge in [-0.25, -0.2) is 8.42 Å². The molecule has 0 bridgehead atoms. The smallest absolute Gasteiger partial charge is 0.207 e. The molecule has 0 atom stereocenters. The predicted molar refractivity (Wildman–Crippen MR) is 73.0 cm³/mol. The zero-order valence-electron chi connectivity index (χ0n) is 10.9. The summed E-state index contributed by atoms with van der Waals surface area (Å²) < 4.78 is 26.2. The molecule has 1 heterocycles. The van der Waals surface area contributed by atoms with E-state index in [9.17, 15) is 8.42 Å². The van der Waals surface area contributed by atoms with Crippen molar-refractivity contribution >= 4 is 10.0 Å². The molecule has 1 aromatic carbocycles. The highest BCUT2D eigenvalue weighted by atomic mass is 32.2. The van der Waals surface area contributed by atoms with Gasteiger partial charge in [0.25, 0.3) is 0 Å². The van der Waals surface area contributed by atoms with Crippen molar-refractivity contribution in [2.45, 2.75) is 43.9 Å². The molecule has 3 nitrogen and oxygen atoms in total. The van der Waals surface area contributed by atoms with Crippen molar-refractivity contribution in [1.29, 1.82) is 0 Å². The molecule has 2 rings (SSSR count). The summed E-state index contributed by atoms with van der Waals surface area (Å²) in [7, 11) is -3.24. The minimum absolute atomic E-state index is 0.435. The third-order valence-corrected chi connectivity index (χ3v) is 5.36. The second-order valence-corrected chi connectivity index (χ2v) is 6.80. The van der Waals surface area contributed by atoms with Crippen LogP contribution in [0, 0.1) is 0 Å². The van der Waals surface area contributed by atoms with Crippen LogP contribution >= 0.6 is 0 Å². The molecule has 0 aromatic heterocycles. The Kier molecular flexibility index (Phi) is 4.40. The van der Waals surface area contributed by atoms with Gasteiger partial charge in [-0.1, -0.05) is 25.5 Å². The van der Waals surface area contributed by atoms with Gasteiger partial charge in [0.15, 0.2) is 0 Å². The van der Waals surface area contributed by atoms with Crippen LogP contribution in [0.25, 0.3) is 0 Å². The van der Waals surface area contributed by atoms with E-state index in [1.807, 2.05) is 12.1 Å². The number of aryl methyl sites for hydroxylation is 1. The molecule has 1 aliphatic rings. The molecule has 0 N–H and O–H groups in total. The third kappa shape index (κ3) is 2.93. The maximum atomic E-state index is 12.3. The molecule has 1 aliphatic heterocycles. The first-order valence-electron chi connectivity index (χ1n) is 6.73. The molecule has 0 amide bonds. The van der Waals surface area contributed by atoms with Gasteiger partial charge in [-0.2, -0.15) is 4.31 Å². The summed E-state index contributed by atoms with van der Waals surface area (Å²) in [6.07, 6.45) is 5.30. The average Bonchev–Trinajstić information content (AvgIpc) is 2.91. The van der Waals surface area contributed by atoms with E-state index < -0.39 is 10.0 Å². The summed E-state index contributed by atoms with van der Waals surface area (Å²) in [6, 6.07) is 7.38. The summed E-state index contributed by atoms with van der Waals surface area (Å²) in [5.41, 5.74) is 1.22. The topological polar surface area (TPSA) is 37.4 Å². The molecule has 18 heavy (non-hydrogen) atoms. The zero-order valence-corrected chi connectivity index (χ0v) is 11.7. The van der Waals surface area contributed by atoms with E-state index in [2.05, 4.69) is 6.92 Å². The van der Waals surface area contributed by atoms with Crippen LogP contribution < -0.4 is 0 Å². The maximum absolute atomic E-state index is 12.3.